The van der Waals surface area contributed by atoms with Gasteiger partial charge in [-0.2, -0.15) is 5.10 Å². The molecule has 1 rings (SSSR count). The quantitative estimate of drug-likeness (QED) is 0.268. The van der Waals surface area contributed by atoms with Crippen molar-refractivity contribution in [2.45, 2.75) is 45.4 Å². The highest BCUT2D eigenvalue weighted by molar-refractivity contribution is 7.80. The lowest BCUT2D eigenvalue weighted by atomic mass is 10.0. The molecule has 0 bridgehead atoms. The zero-order valence-corrected chi connectivity index (χ0v) is 17.2. The first-order valence-electron chi connectivity index (χ1n) is 8.36. The van der Waals surface area contributed by atoms with Crippen molar-refractivity contribution in [3.8, 4) is 0 Å². The Morgan fingerprint density at radius 1 is 1.22 bits per heavy atom. The smallest absolute Gasteiger partial charge is 0.409 e. The largest absolute Gasteiger partial charge is 0.444 e. The predicted octanol–water partition coefficient (Wildman–Crippen LogP) is 2.48. The fourth-order valence-electron chi connectivity index (χ4n) is 2.12. The van der Waals surface area contributed by atoms with E-state index in [1.807, 2.05) is 30.3 Å². The molecule has 27 heavy (non-hydrogen) atoms. The fourth-order valence-corrected chi connectivity index (χ4v) is 2.16. The van der Waals surface area contributed by atoms with Crippen molar-refractivity contribution in [1.29, 1.82) is 0 Å². The molecule has 9 heteroatoms. The van der Waals surface area contributed by atoms with E-state index < -0.39 is 17.4 Å². The Bertz CT molecular complexity index is 661. The van der Waals surface area contributed by atoms with Crippen molar-refractivity contribution < 1.29 is 19.0 Å². The highest BCUT2D eigenvalue weighted by atomic mass is 32.1. The van der Waals surface area contributed by atoms with Crippen LogP contribution in [0.4, 0.5) is 4.79 Å². The average Bonchev–Trinajstić information content (AvgIpc) is 2.55. The van der Waals surface area contributed by atoms with Crippen molar-refractivity contribution in [2.75, 3.05) is 13.9 Å². The van der Waals surface area contributed by atoms with Crippen LogP contribution in [0.25, 0.3) is 0 Å². The maximum absolute atomic E-state index is 12.3. The van der Waals surface area contributed by atoms with Crippen LogP contribution in [-0.4, -0.2) is 42.1 Å². The summed E-state index contributed by atoms with van der Waals surface area (Å²) in [5.41, 5.74) is 7.68. The number of hydrogen-bond donors (Lipinski definition) is 3. The number of methoxy groups -OCH3 is 1. The van der Waals surface area contributed by atoms with E-state index in [1.165, 1.54) is 7.11 Å². The molecule has 4 N–H and O–H groups in total. The summed E-state index contributed by atoms with van der Waals surface area (Å²) >= 11 is 4.82. The molecule has 0 aliphatic carbocycles. The summed E-state index contributed by atoms with van der Waals surface area (Å²) < 4.78 is 16.0. The van der Waals surface area contributed by atoms with Crippen molar-refractivity contribution in [3.63, 3.8) is 0 Å². The Morgan fingerprint density at radius 2 is 1.85 bits per heavy atom. The van der Waals surface area contributed by atoms with Gasteiger partial charge in [0.1, 0.15) is 18.1 Å². The fraction of sp³-hybridized carbons (Fsp3) is 0.500. The van der Waals surface area contributed by atoms with E-state index >= 15 is 0 Å². The van der Waals surface area contributed by atoms with Gasteiger partial charge in [0.15, 0.2) is 5.11 Å². The molecule has 1 aromatic rings. The molecule has 0 radical (unpaired) electrons. The number of nitrogens with zero attached hydrogens (tertiary/aromatic N) is 1. The minimum atomic E-state index is -1.15. The molecule has 0 saturated heterocycles. The molecule has 0 heterocycles. The third-order valence-electron chi connectivity index (χ3n) is 3.17. The number of hydrazone groups is 1. The van der Waals surface area contributed by atoms with E-state index in [2.05, 4.69) is 15.8 Å². The Hall–Kier alpha value is -2.23. The molecule has 1 aromatic carbocycles. The molecule has 1 unspecified atom stereocenters. The van der Waals surface area contributed by atoms with Crippen LogP contribution in [0.5, 0.6) is 0 Å². The highest BCUT2D eigenvalue weighted by Crippen LogP contribution is 2.18. The molecule has 0 spiro atoms. The second-order valence-electron chi connectivity index (χ2n) is 6.99. The summed E-state index contributed by atoms with van der Waals surface area (Å²) in [5, 5.41) is 7.02. The summed E-state index contributed by atoms with van der Waals surface area (Å²) in [6, 6.07) is 9.40. The molecular formula is C18H28N4O4S. The van der Waals surface area contributed by atoms with Crippen molar-refractivity contribution in [1.82, 2.24) is 10.7 Å². The van der Waals surface area contributed by atoms with Crippen LogP contribution in [-0.2, 0) is 14.2 Å². The predicted molar refractivity (Wildman–Crippen MR) is 108 cm³/mol. The van der Waals surface area contributed by atoms with Gasteiger partial charge in [0.05, 0.1) is 5.71 Å². The number of hydrogen-bond acceptors (Lipinski definition) is 6. The normalized spacial score (nSPS) is 14.2. The topological polar surface area (TPSA) is 107 Å². The standard InChI is InChI=1S/C18H28N4O4S/c1-17(2,3)26-16(23)20-18(4,25-12-24-5)11-14(21-22-15(19)27)13-9-7-6-8-10-13/h6-10H,11-12H2,1-5H3,(H,20,23)(H3,19,22,27). The van der Waals surface area contributed by atoms with E-state index in [4.69, 9.17) is 32.2 Å². The van der Waals surface area contributed by atoms with Gasteiger partial charge in [-0.05, 0) is 45.5 Å². The van der Waals surface area contributed by atoms with E-state index in [0.29, 0.717) is 5.71 Å². The maximum atomic E-state index is 12.3. The molecule has 0 fully saturated rings. The van der Waals surface area contributed by atoms with Crippen LogP contribution >= 0.6 is 12.2 Å². The second kappa shape index (κ2) is 10.2. The maximum Gasteiger partial charge on any atom is 0.409 e. The first-order chi connectivity index (χ1) is 12.5. The van der Waals surface area contributed by atoms with Crippen molar-refractivity contribution in [2.24, 2.45) is 10.8 Å². The summed E-state index contributed by atoms with van der Waals surface area (Å²) in [7, 11) is 1.49. The molecule has 1 amide bonds. The first kappa shape index (κ1) is 22.8. The van der Waals surface area contributed by atoms with E-state index in [-0.39, 0.29) is 18.3 Å². The average molecular weight is 397 g/mol. The monoisotopic (exact) mass is 396 g/mol. The molecule has 8 nitrogen and oxygen atoms in total. The zero-order chi connectivity index (χ0) is 20.5. The molecule has 0 aliphatic heterocycles. The molecular weight excluding hydrogens is 368 g/mol. The van der Waals surface area contributed by atoms with Gasteiger partial charge in [-0.25, -0.2) is 4.79 Å². The summed E-state index contributed by atoms with van der Waals surface area (Å²) in [4.78, 5) is 12.3. The number of ether oxygens (including phenoxy) is 3. The molecule has 0 saturated carbocycles. The van der Waals surface area contributed by atoms with E-state index in [0.717, 1.165) is 5.56 Å². The van der Waals surface area contributed by atoms with E-state index in [1.54, 1.807) is 27.7 Å². The van der Waals surface area contributed by atoms with Crippen LogP contribution in [0, 0.1) is 0 Å². The van der Waals surface area contributed by atoms with Crippen LogP contribution in [0.2, 0.25) is 0 Å². The van der Waals surface area contributed by atoms with Gasteiger partial charge >= 0.3 is 6.09 Å². The minimum absolute atomic E-state index is 0.0306. The third kappa shape index (κ3) is 9.32. The number of carbonyl (C=O) groups excluding carboxylic acids is 1. The number of rotatable bonds is 8. The van der Waals surface area contributed by atoms with Gasteiger partial charge < -0.3 is 19.9 Å². The lowest BCUT2D eigenvalue weighted by Gasteiger charge is -2.32. The van der Waals surface area contributed by atoms with Crippen molar-refractivity contribution in [3.05, 3.63) is 35.9 Å². The third-order valence-corrected chi connectivity index (χ3v) is 3.26. The number of amides is 1. The molecule has 1 atom stereocenters. The SMILES string of the molecule is COCOC(C)(CC(=NNC(N)=S)c1ccccc1)NC(=O)OC(C)(C)C. The highest BCUT2D eigenvalue weighted by Gasteiger charge is 2.32. The molecule has 0 aromatic heterocycles. The van der Waals surface area contributed by atoms with Gasteiger partial charge in [-0.1, -0.05) is 30.3 Å². The van der Waals surface area contributed by atoms with Gasteiger partial charge in [0.2, 0.25) is 0 Å². The number of benzene rings is 1. The Balaban J connectivity index is 3.09. The zero-order valence-electron chi connectivity index (χ0n) is 16.4. The van der Waals surface area contributed by atoms with Crippen LogP contribution in [0.1, 0.15) is 39.7 Å². The Morgan fingerprint density at radius 3 is 2.37 bits per heavy atom. The summed E-state index contributed by atoms with van der Waals surface area (Å²) in [6.07, 6.45) is -0.411. The Kier molecular flexibility index (Phi) is 8.61. The van der Waals surface area contributed by atoms with E-state index in [9.17, 15) is 4.79 Å². The summed E-state index contributed by atoms with van der Waals surface area (Å²) in [5.74, 6) is 0. The molecule has 0 aliphatic rings. The second-order valence-corrected chi connectivity index (χ2v) is 7.43. The minimum Gasteiger partial charge on any atom is -0.444 e. The number of alkyl carbamates (subject to hydrolysis) is 1. The van der Waals surface area contributed by atoms with Gasteiger partial charge in [0.25, 0.3) is 0 Å². The Labute approximate surface area is 165 Å². The van der Waals surface area contributed by atoms with Crippen LogP contribution in [0.3, 0.4) is 0 Å². The summed E-state index contributed by atoms with van der Waals surface area (Å²) in [6.45, 7) is 7.01. The van der Waals surface area contributed by atoms with Crippen LogP contribution < -0.4 is 16.5 Å². The first-order valence-corrected chi connectivity index (χ1v) is 8.77. The molecule has 150 valence electrons. The van der Waals surface area contributed by atoms with Gasteiger partial charge in [-0.3, -0.25) is 10.7 Å². The van der Waals surface area contributed by atoms with Crippen LogP contribution in [0.15, 0.2) is 35.4 Å². The number of carbonyl (C=O) groups is 1. The lowest BCUT2D eigenvalue weighted by molar-refractivity contribution is -0.132. The van der Waals surface area contributed by atoms with Crippen molar-refractivity contribution >= 4 is 29.1 Å². The number of thiocarbonyl (C=S) groups is 1. The van der Waals surface area contributed by atoms with Gasteiger partial charge in [-0.15, -0.1) is 0 Å². The van der Waals surface area contributed by atoms with Gasteiger partial charge in [0, 0.05) is 13.5 Å². The number of nitrogens with one attached hydrogen (secondary N) is 2. The number of nitrogens with two attached hydrogens (primary N) is 1. The lowest BCUT2D eigenvalue weighted by Crippen LogP contribution is -2.51.